The number of hydrogen-bond acceptors (Lipinski definition) is 4. The topological polar surface area (TPSA) is 65.8 Å². The van der Waals surface area contributed by atoms with Crippen LogP contribution in [-0.2, 0) is 4.79 Å². The molecular formula is C24H23N3OS. The molecule has 0 spiro atoms. The summed E-state index contributed by atoms with van der Waals surface area (Å²) in [5.41, 5.74) is 6.49. The predicted molar refractivity (Wildman–Crippen MR) is 119 cm³/mol. The molecule has 146 valence electrons. The zero-order valence-corrected chi connectivity index (χ0v) is 17.8. The van der Waals surface area contributed by atoms with E-state index in [-0.39, 0.29) is 5.91 Å². The van der Waals surface area contributed by atoms with Gasteiger partial charge in [-0.2, -0.15) is 5.26 Å². The van der Waals surface area contributed by atoms with Crippen LogP contribution in [-0.4, -0.2) is 16.1 Å². The van der Waals surface area contributed by atoms with Crippen LogP contribution < -0.4 is 5.32 Å². The molecule has 1 amide bonds. The number of nitrogens with one attached hydrogen (secondary N) is 1. The minimum atomic E-state index is -0.399. The van der Waals surface area contributed by atoms with Gasteiger partial charge in [0.2, 0.25) is 5.91 Å². The van der Waals surface area contributed by atoms with Crippen molar-refractivity contribution in [2.45, 2.75) is 38.0 Å². The summed E-state index contributed by atoms with van der Waals surface area (Å²) in [5.74, 6) is -0.121. The number of nitrogens with zero attached hydrogens (tertiary/aromatic N) is 2. The predicted octanol–water partition coefficient (Wildman–Crippen LogP) is 5.66. The molecule has 0 saturated carbocycles. The monoisotopic (exact) mass is 401 g/mol. The van der Waals surface area contributed by atoms with E-state index in [0.29, 0.717) is 10.6 Å². The number of carbonyl (C=O) groups is 1. The van der Waals surface area contributed by atoms with Crippen molar-refractivity contribution < 1.29 is 4.79 Å². The summed E-state index contributed by atoms with van der Waals surface area (Å²) < 4.78 is 0. The van der Waals surface area contributed by atoms with Crippen molar-refractivity contribution >= 4 is 23.4 Å². The van der Waals surface area contributed by atoms with Crippen molar-refractivity contribution in [2.24, 2.45) is 0 Å². The Morgan fingerprint density at radius 2 is 1.76 bits per heavy atom. The lowest BCUT2D eigenvalue weighted by Gasteiger charge is -2.14. The van der Waals surface area contributed by atoms with Crippen molar-refractivity contribution in [3.8, 4) is 17.3 Å². The third-order valence-electron chi connectivity index (χ3n) is 4.76. The number of aryl methyl sites for hydroxylation is 3. The molecular weight excluding hydrogens is 378 g/mol. The molecule has 0 fully saturated rings. The van der Waals surface area contributed by atoms with Gasteiger partial charge in [0, 0.05) is 11.3 Å². The molecule has 0 radical (unpaired) electrons. The van der Waals surface area contributed by atoms with Crippen molar-refractivity contribution in [3.63, 3.8) is 0 Å². The molecule has 0 saturated heterocycles. The van der Waals surface area contributed by atoms with Crippen LogP contribution in [0.5, 0.6) is 0 Å². The van der Waals surface area contributed by atoms with Crippen LogP contribution in [0.25, 0.3) is 11.3 Å². The second kappa shape index (κ2) is 8.93. The van der Waals surface area contributed by atoms with Crippen LogP contribution in [0.3, 0.4) is 0 Å². The van der Waals surface area contributed by atoms with Gasteiger partial charge in [0.05, 0.1) is 16.5 Å². The van der Waals surface area contributed by atoms with E-state index in [4.69, 9.17) is 0 Å². The quantitative estimate of drug-likeness (QED) is 0.560. The molecule has 4 nitrogen and oxygen atoms in total. The minimum absolute atomic E-state index is 0.121. The van der Waals surface area contributed by atoms with Crippen LogP contribution in [0.15, 0.2) is 59.6 Å². The molecule has 5 heteroatoms. The van der Waals surface area contributed by atoms with Gasteiger partial charge in [-0.3, -0.25) is 4.79 Å². The highest BCUT2D eigenvalue weighted by molar-refractivity contribution is 8.00. The molecule has 1 aromatic heterocycles. The summed E-state index contributed by atoms with van der Waals surface area (Å²) >= 11 is 1.30. The van der Waals surface area contributed by atoms with E-state index >= 15 is 0 Å². The average Bonchev–Trinajstić information content (AvgIpc) is 2.71. The van der Waals surface area contributed by atoms with E-state index in [1.165, 1.54) is 22.9 Å². The number of rotatable bonds is 5. The van der Waals surface area contributed by atoms with Gasteiger partial charge >= 0.3 is 0 Å². The Hall–Kier alpha value is -3.10. The molecule has 29 heavy (non-hydrogen) atoms. The second-order valence-corrected chi connectivity index (χ2v) is 8.40. The molecule has 1 heterocycles. The lowest BCUT2D eigenvalue weighted by Crippen LogP contribution is -2.22. The van der Waals surface area contributed by atoms with E-state index in [1.807, 2.05) is 76.2 Å². The normalized spacial score (nSPS) is 11.6. The molecule has 0 aliphatic rings. The average molecular weight is 402 g/mol. The Kier molecular flexibility index (Phi) is 6.36. The van der Waals surface area contributed by atoms with Gasteiger partial charge < -0.3 is 5.32 Å². The molecule has 1 unspecified atom stereocenters. The zero-order valence-electron chi connectivity index (χ0n) is 17.0. The summed E-state index contributed by atoms with van der Waals surface area (Å²) in [6, 6.07) is 19.7. The van der Waals surface area contributed by atoms with E-state index in [0.717, 1.165) is 22.5 Å². The summed E-state index contributed by atoms with van der Waals surface area (Å²) in [7, 11) is 0. The van der Waals surface area contributed by atoms with Gasteiger partial charge in [-0.05, 0) is 63.1 Å². The van der Waals surface area contributed by atoms with Gasteiger partial charge in [0.25, 0.3) is 0 Å². The van der Waals surface area contributed by atoms with Crippen molar-refractivity contribution in [1.82, 2.24) is 4.98 Å². The van der Waals surface area contributed by atoms with Crippen molar-refractivity contribution in [3.05, 3.63) is 76.9 Å². The van der Waals surface area contributed by atoms with Crippen LogP contribution >= 0.6 is 11.8 Å². The largest absolute Gasteiger partial charge is 0.325 e. The number of carbonyl (C=O) groups excluding carboxylic acids is 1. The fourth-order valence-electron chi connectivity index (χ4n) is 2.78. The van der Waals surface area contributed by atoms with Gasteiger partial charge in [-0.15, -0.1) is 0 Å². The fraction of sp³-hybridized carbons (Fsp3) is 0.208. The van der Waals surface area contributed by atoms with E-state index in [9.17, 15) is 10.1 Å². The van der Waals surface area contributed by atoms with Crippen molar-refractivity contribution in [2.75, 3.05) is 5.32 Å². The number of hydrogen-bond donors (Lipinski definition) is 1. The lowest BCUT2D eigenvalue weighted by atomic mass is 10.1. The molecule has 1 atom stereocenters. The Bertz CT molecular complexity index is 1080. The van der Waals surface area contributed by atoms with Crippen molar-refractivity contribution in [1.29, 1.82) is 5.26 Å². The van der Waals surface area contributed by atoms with E-state index in [2.05, 4.69) is 16.4 Å². The van der Waals surface area contributed by atoms with Crippen LogP contribution in [0.2, 0.25) is 0 Å². The number of anilines is 1. The Labute approximate surface area is 176 Å². The number of benzene rings is 2. The molecule has 0 bridgehead atoms. The summed E-state index contributed by atoms with van der Waals surface area (Å²) in [6.07, 6.45) is 0. The highest BCUT2D eigenvalue weighted by atomic mass is 32.2. The SMILES string of the molecule is Cc1ccc(-c2ccc(C#N)c(SC(C)C(=O)Nc3ccc(C)c(C)c3)n2)cc1. The number of amides is 1. The van der Waals surface area contributed by atoms with Gasteiger partial charge in [-0.25, -0.2) is 4.98 Å². The third kappa shape index (κ3) is 5.04. The maximum absolute atomic E-state index is 12.7. The summed E-state index contributed by atoms with van der Waals surface area (Å²) in [6.45, 7) is 7.91. The first-order valence-corrected chi connectivity index (χ1v) is 10.3. The second-order valence-electron chi connectivity index (χ2n) is 7.08. The smallest absolute Gasteiger partial charge is 0.237 e. The number of thioether (sulfide) groups is 1. The molecule has 2 aromatic carbocycles. The highest BCUT2D eigenvalue weighted by Crippen LogP contribution is 2.29. The van der Waals surface area contributed by atoms with Gasteiger partial charge in [-0.1, -0.05) is 47.7 Å². The summed E-state index contributed by atoms with van der Waals surface area (Å²) in [5, 5.41) is 12.6. The first kappa shape index (κ1) is 20.6. The van der Waals surface area contributed by atoms with Gasteiger partial charge in [0.15, 0.2) is 0 Å². The van der Waals surface area contributed by atoms with Gasteiger partial charge in [0.1, 0.15) is 11.1 Å². The Morgan fingerprint density at radius 1 is 1.03 bits per heavy atom. The maximum Gasteiger partial charge on any atom is 0.237 e. The molecule has 1 N–H and O–H groups in total. The molecule has 0 aliphatic carbocycles. The Morgan fingerprint density at radius 3 is 2.41 bits per heavy atom. The standard InChI is InChI=1S/C24H23N3OS/c1-15-5-8-19(9-6-15)22-12-10-20(14-25)24(27-22)29-18(4)23(28)26-21-11-7-16(2)17(3)13-21/h5-13,18H,1-4H3,(H,26,28). The Balaban J connectivity index is 1.79. The van der Waals surface area contributed by atoms with Crippen LogP contribution in [0.1, 0.15) is 29.2 Å². The zero-order chi connectivity index (χ0) is 21.0. The highest BCUT2D eigenvalue weighted by Gasteiger charge is 2.18. The summed E-state index contributed by atoms with van der Waals surface area (Å²) in [4.78, 5) is 17.3. The lowest BCUT2D eigenvalue weighted by molar-refractivity contribution is -0.115. The first-order chi connectivity index (χ1) is 13.9. The molecule has 3 aromatic rings. The number of aromatic nitrogens is 1. The first-order valence-electron chi connectivity index (χ1n) is 9.40. The van der Waals surface area contributed by atoms with E-state index < -0.39 is 5.25 Å². The van der Waals surface area contributed by atoms with Crippen LogP contribution in [0, 0.1) is 32.1 Å². The number of nitriles is 1. The molecule has 3 rings (SSSR count). The van der Waals surface area contributed by atoms with Crippen LogP contribution in [0.4, 0.5) is 5.69 Å². The minimum Gasteiger partial charge on any atom is -0.325 e. The third-order valence-corrected chi connectivity index (χ3v) is 5.86. The number of pyridine rings is 1. The van der Waals surface area contributed by atoms with E-state index in [1.54, 1.807) is 6.07 Å². The molecule has 0 aliphatic heterocycles. The maximum atomic E-state index is 12.7. The fourth-order valence-corrected chi connectivity index (χ4v) is 3.68.